The summed E-state index contributed by atoms with van der Waals surface area (Å²) in [5.74, 6) is 1.51. The molecular weight excluding hydrogens is 296 g/mol. The number of rotatable bonds is 5. The first-order chi connectivity index (χ1) is 11.7. The standard InChI is InChI=1S/C20H22N4/c1-4-24(18-8-6-5-7-9-18)19-14-16(3)21-20(23-19)22-17-12-10-15(2)11-13-17/h5-14H,4H2,1-3H3,(H,21,22,23). The van der Waals surface area contributed by atoms with E-state index in [4.69, 9.17) is 4.98 Å². The normalized spacial score (nSPS) is 10.5. The van der Waals surface area contributed by atoms with E-state index in [1.807, 2.05) is 43.3 Å². The van der Waals surface area contributed by atoms with Gasteiger partial charge < -0.3 is 10.2 Å². The van der Waals surface area contributed by atoms with Crippen LogP contribution in [-0.2, 0) is 0 Å². The molecule has 122 valence electrons. The molecule has 2 aromatic carbocycles. The Kier molecular flexibility index (Phi) is 4.75. The third-order valence-corrected chi connectivity index (χ3v) is 3.81. The van der Waals surface area contributed by atoms with Crippen LogP contribution >= 0.6 is 0 Å². The van der Waals surface area contributed by atoms with E-state index in [0.29, 0.717) is 5.95 Å². The van der Waals surface area contributed by atoms with Crippen LogP contribution in [0.15, 0.2) is 60.7 Å². The Morgan fingerprint density at radius 1 is 0.917 bits per heavy atom. The van der Waals surface area contributed by atoms with Crippen molar-refractivity contribution in [2.45, 2.75) is 20.8 Å². The third kappa shape index (κ3) is 3.71. The summed E-state index contributed by atoms with van der Waals surface area (Å²) in [5, 5.41) is 3.29. The fraction of sp³-hybridized carbons (Fsp3) is 0.200. The number of para-hydroxylation sites is 1. The van der Waals surface area contributed by atoms with Crippen LogP contribution in [0.5, 0.6) is 0 Å². The van der Waals surface area contributed by atoms with Crippen LogP contribution in [0.1, 0.15) is 18.2 Å². The molecule has 24 heavy (non-hydrogen) atoms. The van der Waals surface area contributed by atoms with E-state index >= 15 is 0 Å². The molecule has 0 aliphatic carbocycles. The summed E-state index contributed by atoms with van der Waals surface area (Å²) in [6.45, 7) is 7.02. The van der Waals surface area contributed by atoms with Crippen LogP contribution in [0.2, 0.25) is 0 Å². The van der Waals surface area contributed by atoms with Gasteiger partial charge in [-0.25, -0.2) is 4.98 Å². The van der Waals surface area contributed by atoms with E-state index in [1.165, 1.54) is 5.56 Å². The van der Waals surface area contributed by atoms with Gasteiger partial charge in [-0.2, -0.15) is 4.98 Å². The fourth-order valence-corrected chi connectivity index (χ4v) is 2.60. The van der Waals surface area contributed by atoms with Crippen LogP contribution in [-0.4, -0.2) is 16.5 Å². The van der Waals surface area contributed by atoms with Gasteiger partial charge in [0, 0.05) is 29.7 Å². The molecule has 0 radical (unpaired) electrons. The van der Waals surface area contributed by atoms with Gasteiger partial charge in [0.05, 0.1) is 0 Å². The molecule has 0 bridgehead atoms. The Labute approximate surface area is 143 Å². The molecule has 4 nitrogen and oxygen atoms in total. The van der Waals surface area contributed by atoms with Crippen molar-refractivity contribution in [2.24, 2.45) is 0 Å². The smallest absolute Gasteiger partial charge is 0.229 e. The highest BCUT2D eigenvalue weighted by Crippen LogP contribution is 2.25. The molecule has 0 amide bonds. The van der Waals surface area contributed by atoms with E-state index in [9.17, 15) is 0 Å². The SMILES string of the molecule is CCN(c1ccccc1)c1cc(C)nc(Nc2ccc(C)cc2)n1. The summed E-state index contributed by atoms with van der Waals surface area (Å²) in [6, 6.07) is 20.5. The largest absolute Gasteiger partial charge is 0.326 e. The summed E-state index contributed by atoms with van der Waals surface area (Å²) in [6.07, 6.45) is 0. The van der Waals surface area contributed by atoms with E-state index in [2.05, 4.69) is 53.3 Å². The molecule has 0 aliphatic rings. The zero-order chi connectivity index (χ0) is 16.9. The number of aromatic nitrogens is 2. The third-order valence-electron chi connectivity index (χ3n) is 3.81. The molecule has 1 heterocycles. The molecule has 3 aromatic rings. The number of anilines is 4. The van der Waals surface area contributed by atoms with Crippen LogP contribution < -0.4 is 10.2 Å². The maximum atomic E-state index is 4.70. The van der Waals surface area contributed by atoms with Gasteiger partial charge in [-0.15, -0.1) is 0 Å². The second kappa shape index (κ2) is 7.13. The molecule has 0 aliphatic heterocycles. The number of nitrogens with zero attached hydrogens (tertiary/aromatic N) is 3. The molecular formula is C20H22N4. The van der Waals surface area contributed by atoms with Gasteiger partial charge in [0.2, 0.25) is 5.95 Å². The zero-order valence-corrected chi connectivity index (χ0v) is 14.3. The summed E-state index contributed by atoms with van der Waals surface area (Å²) in [5.41, 5.74) is 4.27. The molecule has 0 fully saturated rings. The van der Waals surface area contributed by atoms with Crippen LogP contribution in [0.25, 0.3) is 0 Å². The molecule has 4 heteroatoms. The van der Waals surface area contributed by atoms with Gasteiger partial charge in [-0.1, -0.05) is 35.9 Å². The van der Waals surface area contributed by atoms with E-state index in [0.717, 1.165) is 29.4 Å². The molecule has 0 spiro atoms. The van der Waals surface area contributed by atoms with Crippen molar-refractivity contribution in [3.63, 3.8) is 0 Å². The zero-order valence-electron chi connectivity index (χ0n) is 14.3. The first kappa shape index (κ1) is 16.0. The predicted octanol–water partition coefficient (Wildman–Crippen LogP) is 5.00. The van der Waals surface area contributed by atoms with Gasteiger partial charge in [-0.05, 0) is 45.0 Å². The quantitative estimate of drug-likeness (QED) is 0.719. The highest BCUT2D eigenvalue weighted by Gasteiger charge is 2.11. The predicted molar refractivity (Wildman–Crippen MR) is 100 cm³/mol. The second-order valence-corrected chi connectivity index (χ2v) is 5.76. The topological polar surface area (TPSA) is 41.1 Å². The van der Waals surface area contributed by atoms with E-state index < -0.39 is 0 Å². The Bertz CT molecular complexity index is 798. The molecule has 0 unspecified atom stereocenters. The molecule has 3 rings (SSSR count). The molecule has 0 saturated carbocycles. The highest BCUT2D eigenvalue weighted by molar-refractivity contribution is 5.62. The minimum atomic E-state index is 0.614. The lowest BCUT2D eigenvalue weighted by Gasteiger charge is -2.23. The number of hydrogen-bond donors (Lipinski definition) is 1. The lowest BCUT2D eigenvalue weighted by molar-refractivity contribution is 0.969. The van der Waals surface area contributed by atoms with Crippen molar-refractivity contribution in [1.29, 1.82) is 0 Å². The van der Waals surface area contributed by atoms with E-state index in [-0.39, 0.29) is 0 Å². The number of nitrogens with one attached hydrogen (secondary N) is 1. The van der Waals surface area contributed by atoms with Crippen molar-refractivity contribution in [1.82, 2.24) is 9.97 Å². The first-order valence-corrected chi connectivity index (χ1v) is 8.17. The van der Waals surface area contributed by atoms with Crippen LogP contribution in [0.3, 0.4) is 0 Å². The summed E-state index contributed by atoms with van der Waals surface area (Å²) in [7, 11) is 0. The monoisotopic (exact) mass is 318 g/mol. The van der Waals surface area contributed by atoms with Crippen LogP contribution in [0.4, 0.5) is 23.1 Å². The molecule has 0 saturated heterocycles. The van der Waals surface area contributed by atoms with Gasteiger partial charge in [-0.3, -0.25) is 0 Å². The Hall–Kier alpha value is -2.88. The molecule has 1 N–H and O–H groups in total. The van der Waals surface area contributed by atoms with Crippen molar-refractivity contribution in [3.05, 3.63) is 71.9 Å². The summed E-state index contributed by atoms with van der Waals surface area (Å²) < 4.78 is 0. The number of aryl methyl sites for hydroxylation is 2. The van der Waals surface area contributed by atoms with Gasteiger partial charge in [0.1, 0.15) is 5.82 Å². The van der Waals surface area contributed by atoms with E-state index in [1.54, 1.807) is 0 Å². The summed E-state index contributed by atoms with van der Waals surface area (Å²) >= 11 is 0. The average molecular weight is 318 g/mol. The lowest BCUT2D eigenvalue weighted by Crippen LogP contribution is -2.18. The minimum absolute atomic E-state index is 0.614. The van der Waals surface area contributed by atoms with Gasteiger partial charge in [0.25, 0.3) is 0 Å². The van der Waals surface area contributed by atoms with Crippen molar-refractivity contribution in [2.75, 3.05) is 16.8 Å². The summed E-state index contributed by atoms with van der Waals surface area (Å²) in [4.78, 5) is 11.4. The van der Waals surface area contributed by atoms with Crippen LogP contribution in [0, 0.1) is 13.8 Å². The average Bonchev–Trinajstić information content (AvgIpc) is 2.58. The van der Waals surface area contributed by atoms with Crippen molar-refractivity contribution < 1.29 is 0 Å². The first-order valence-electron chi connectivity index (χ1n) is 8.17. The Morgan fingerprint density at radius 2 is 1.62 bits per heavy atom. The lowest BCUT2D eigenvalue weighted by atomic mass is 10.2. The second-order valence-electron chi connectivity index (χ2n) is 5.76. The molecule has 1 aromatic heterocycles. The van der Waals surface area contributed by atoms with Gasteiger partial charge >= 0.3 is 0 Å². The van der Waals surface area contributed by atoms with Crippen molar-refractivity contribution >= 4 is 23.1 Å². The Morgan fingerprint density at radius 3 is 2.29 bits per heavy atom. The number of benzene rings is 2. The fourth-order valence-electron chi connectivity index (χ4n) is 2.60. The maximum absolute atomic E-state index is 4.70. The molecule has 0 atom stereocenters. The minimum Gasteiger partial charge on any atom is -0.326 e. The van der Waals surface area contributed by atoms with Gasteiger partial charge in [0.15, 0.2) is 0 Å². The van der Waals surface area contributed by atoms with Crippen molar-refractivity contribution in [3.8, 4) is 0 Å². The highest BCUT2D eigenvalue weighted by atomic mass is 15.2. The Balaban J connectivity index is 1.92. The number of hydrogen-bond acceptors (Lipinski definition) is 4. The maximum Gasteiger partial charge on any atom is 0.229 e.